The van der Waals surface area contributed by atoms with Crippen molar-refractivity contribution >= 4 is 19.4 Å². The number of fused-ring (bicyclic) bond motifs is 1. The molecule has 0 heterocycles. The quantitative estimate of drug-likeness (QED) is 0.503. The van der Waals surface area contributed by atoms with Gasteiger partial charge in [-0.1, -0.05) is 78.1 Å². The molecule has 3 aromatic carbocycles. The molecule has 2 atom stereocenters. The molecule has 1 aliphatic rings. The Hall–Kier alpha value is -1.99. The van der Waals surface area contributed by atoms with E-state index in [1.54, 1.807) is 0 Å². The summed E-state index contributed by atoms with van der Waals surface area (Å²) >= 11 is 6.01. The molecule has 0 aromatic heterocycles. The van der Waals surface area contributed by atoms with Gasteiger partial charge < -0.3 is 0 Å². The van der Waals surface area contributed by atoms with E-state index >= 15 is 0 Å². The van der Waals surface area contributed by atoms with Gasteiger partial charge in [0.15, 0.2) is 0 Å². The summed E-state index contributed by atoms with van der Waals surface area (Å²) < 4.78 is 0. The first-order valence-corrected chi connectivity index (χ1v) is 8.78. The Balaban J connectivity index is 1.75. The van der Waals surface area contributed by atoms with Crippen LogP contribution in [0.1, 0.15) is 29.0 Å². The minimum atomic E-state index is 0.226. The maximum absolute atomic E-state index is 6.33. The molecule has 0 nitrogen and oxygen atoms in total. The lowest BCUT2D eigenvalue weighted by Crippen LogP contribution is -2.16. The van der Waals surface area contributed by atoms with E-state index in [9.17, 15) is 0 Å². The van der Waals surface area contributed by atoms with Crippen molar-refractivity contribution in [3.63, 3.8) is 0 Å². The summed E-state index contributed by atoms with van der Waals surface area (Å²) in [6.45, 7) is 0. The first-order valence-electron chi connectivity index (χ1n) is 8.40. The van der Waals surface area contributed by atoms with Crippen LogP contribution in [-0.4, -0.2) is 7.85 Å². The number of rotatable bonds is 2. The Morgan fingerprint density at radius 1 is 0.833 bits per heavy atom. The lowest BCUT2D eigenvalue weighted by Gasteiger charge is -2.30. The Bertz CT molecular complexity index is 854. The number of hydrogen-bond acceptors (Lipinski definition) is 0. The SMILES string of the molecule is [B][C@@H]1Cc2ccccc2C(c2cccc(-c3ccc(Cl)cc3)c2)C1. The summed E-state index contributed by atoms with van der Waals surface area (Å²) in [6, 6.07) is 25.5. The van der Waals surface area contributed by atoms with E-state index in [4.69, 9.17) is 19.4 Å². The maximum Gasteiger partial charge on any atom is 0.0704 e. The zero-order valence-electron chi connectivity index (χ0n) is 13.5. The normalized spacial score (nSPS) is 19.7. The molecule has 0 fully saturated rings. The van der Waals surface area contributed by atoms with Gasteiger partial charge in [-0.05, 0) is 52.8 Å². The van der Waals surface area contributed by atoms with Gasteiger partial charge in [0.2, 0.25) is 0 Å². The van der Waals surface area contributed by atoms with Crippen LogP contribution in [0.3, 0.4) is 0 Å². The lowest BCUT2D eigenvalue weighted by atomic mass is 9.67. The van der Waals surface area contributed by atoms with Crippen LogP contribution in [0.15, 0.2) is 72.8 Å². The molecule has 1 unspecified atom stereocenters. The van der Waals surface area contributed by atoms with E-state index in [1.807, 2.05) is 12.1 Å². The molecule has 2 heteroatoms. The van der Waals surface area contributed by atoms with E-state index in [1.165, 1.54) is 27.8 Å². The van der Waals surface area contributed by atoms with Crippen LogP contribution >= 0.6 is 11.6 Å². The van der Waals surface area contributed by atoms with Crippen LogP contribution in [0.5, 0.6) is 0 Å². The molecular formula is C22H18BCl. The highest BCUT2D eigenvalue weighted by molar-refractivity contribution is 6.30. The predicted molar refractivity (Wildman–Crippen MR) is 103 cm³/mol. The molecule has 0 saturated carbocycles. The monoisotopic (exact) mass is 328 g/mol. The van der Waals surface area contributed by atoms with Crippen LogP contribution in [-0.2, 0) is 6.42 Å². The van der Waals surface area contributed by atoms with Crippen molar-refractivity contribution in [3.05, 3.63) is 94.5 Å². The van der Waals surface area contributed by atoms with Crippen molar-refractivity contribution in [3.8, 4) is 11.1 Å². The standard InChI is InChI=1S/C22H18BCl/c23-19-13-18-4-1-2-7-21(18)22(14-19)17-6-3-5-16(12-17)15-8-10-20(24)11-9-15/h1-12,19,22H,13-14H2/t19-,22?/m1/s1. The van der Waals surface area contributed by atoms with Gasteiger partial charge in [-0.15, -0.1) is 0 Å². The number of halogens is 1. The van der Waals surface area contributed by atoms with Gasteiger partial charge in [-0.2, -0.15) is 0 Å². The van der Waals surface area contributed by atoms with E-state index in [-0.39, 0.29) is 5.82 Å². The smallest absolute Gasteiger partial charge is 0.0704 e. The third-order valence-electron chi connectivity index (χ3n) is 4.92. The number of benzene rings is 3. The van der Waals surface area contributed by atoms with Crippen molar-refractivity contribution in [2.24, 2.45) is 0 Å². The maximum atomic E-state index is 6.33. The van der Waals surface area contributed by atoms with Gasteiger partial charge in [-0.3, -0.25) is 0 Å². The van der Waals surface area contributed by atoms with E-state index < -0.39 is 0 Å². The minimum absolute atomic E-state index is 0.226. The van der Waals surface area contributed by atoms with Crippen molar-refractivity contribution in [2.45, 2.75) is 24.6 Å². The summed E-state index contributed by atoms with van der Waals surface area (Å²) in [5, 5.41) is 0.766. The van der Waals surface area contributed by atoms with Gasteiger partial charge in [0.05, 0.1) is 7.85 Å². The third kappa shape index (κ3) is 3.01. The summed E-state index contributed by atoms with van der Waals surface area (Å²) in [6.07, 6.45) is 1.98. The molecule has 2 radical (unpaired) electrons. The highest BCUT2D eigenvalue weighted by Gasteiger charge is 2.25. The van der Waals surface area contributed by atoms with Crippen LogP contribution in [0.4, 0.5) is 0 Å². The second-order valence-corrected chi connectivity index (χ2v) is 7.02. The highest BCUT2D eigenvalue weighted by Crippen LogP contribution is 2.41. The highest BCUT2D eigenvalue weighted by atomic mass is 35.5. The van der Waals surface area contributed by atoms with Gasteiger partial charge >= 0.3 is 0 Å². The Labute approximate surface area is 149 Å². The van der Waals surface area contributed by atoms with Crippen molar-refractivity contribution in [2.75, 3.05) is 0 Å². The second kappa shape index (κ2) is 6.49. The van der Waals surface area contributed by atoms with E-state index in [0.29, 0.717) is 5.92 Å². The summed E-state index contributed by atoms with van der Waals surface area (Å²) in [5.74, 6) is 0.598. The molecule has 0 saturated heterocycles. The molecule has 24 heavy (non-hydrogen) atoms. The molecule has 1 aliphatic carbocycles. The molecule has 0 amide bonds. The molecular weight excluding hydrogens is 311 g/mol. The Kier molecular flexibility index (Phi) is 4.20. The van der Waals surface area contributed by atoms with Crippen LogP contribution in [0.2, 0.25) is 10.8 Å². The summed E-state index contributed by atoms with van der Waals surface area (Å²) in [7, 11) is 6.33. The summed E-state index contributed by atoms with van der Waals surface area (Å²) in [4.78, 5) is 0. The second-order valence-electron chi connectivity index (χ2n) is 6.58. The lowest BCUT2D eigenvalue weighted by molar-refractivity contribution is 0.615. The van der Waals surface area contributed by atoms with Gasteiger partial charge in [0.25, 0.3) is 0 Å². The molecule has 116 valence electrons. The van der Waals surface area contributed by atoms with Gasteiger partial charge in [-0.25, -0.2) is 0 Å². The van der Waals surface area contributed by atoms with Crippen molar-refractivity contribution in [1.82, 2.24) is 0 Å². The fourth-order valence-electron chi connectivity index (χ4n) is 3.75. The Morgan fingerprint density at radius 3 is 2.46 bits per heavy atom. The molecule has 0 aliphatic heterocycles. The van der Waals surface area contributed by atoms with Crippen molar-refractivity contribution < 1.29 is 0 Å². The zero-order valence-corrected chi connectivity index (χ0v) is 14.2. The minimum Gasteiger partial charge on any atom is -0.0843 e. The van der Waals surface area contributed by atoms with Gasteiger partial charge in [0, 0.05) is 10.9 Å². The molecule has 0 spiro atoms. The van der Waals surface area contributed by atoms with E-state index in [2.05, 4.69) is 60.7 Å². The summed E-state index contributed by atoms with van der Waals surface area (Å²) in [5.41, 5.74) is 6.56. The first-order chi connectivity index (χ1) is 11.7. The molecule has 0 N–H and O–H groups in total. The van der Waals surface area contributed by atoms with Crippen LogP contribution in [0, 0.1) is 0 Å². The van der Waals surface area contributed by atoms with Gasteiger partial charge in [0.1, 0.15) is 0 Å². The average molecular weight is 329 g/mol. The van der Waals surface area contributed by atoms with Crippen LogP contribution in [0.25, 0.3) is 11.1 Å². The first kappa shape index (κ1) is 15.5. The predicted octanol–water partition coefficient (Wildman–Crippen LogP) is 6.04. The fraction of sp³-hybridized carbons (Fsp3) is 0.182. The molecule has 4 rings (SSSR count). The Morgan fingerprint density at radius 2 is 1.62 bits per heavy atom. The molecule has 3 aromatic rings. The largest absolute Gasteiger partial charge is 0.0843 e. The third-order valence-corrected chi connectivity index (χ3v) is 5.17. The number of hydrogen-bond donors (Lipinski definition) is 0. The van der Waals surface area contributed by atoms with Crippen LogP contribution < -0.4 is 0 Å². The molecule has 0 bridgehead atoms. The average Bonchev–Trinajstić information content (AvgIpc) is 2.62. The zero-order chi connectivity index (χ0) is 16.5. The fourth-order valence-corrected chi connectivity index (χ4v) is 3.87. The van der Waals surface area contributed by atoms with Crippen molar-refractivity contribution in [1.29, 1.82) is 0 Å². The topological polar surface area (TPSA) is 0 Å². The van der Waals surface area contributed by atoms with E-state index in [0.717, 1.165) is 17.9 Å².